The molecule has 0 amide bonds. The molecule has 104 valence electrons. The van der Waals surface area contributed by atoms with Crippen LogP contribution in [0.15, 0.2) is 36.4 Å². The number of nitrogens with two attached hydrogens (primary N) is 1. The van der Waals surface area contributed by atoms with Crippen molar-refractivity contribution < 1.29 is 0 Å². The molecule has 20 heavy (non-hydrogen) atoms. The van der Waals surface area contributed by atoms with Crippen molar-refractivity contribution in [3.8, 4) is 0 Å². The van der Waals surface area contributed by atoms with E-state index in [1.54, 1.807) is 6.07 Å². The maximum absolute atomic E-state index is 6.23. The zero-order valence-electron chi connectivity index (χ0n) is 10.9. The van der Waals surface area contributed by atoms with Crippen LogP contribution in [0.4, 0.5) is 11.6 Å². The Morgan fingerprint density at radius 1 is 1.15 bits per heavy atom. The molecule has 1 unspecified atom stereocenters. The quantitative estimate of drug-likeness (QED) is 0.913. The molecule has 1 atom stereocenters. The van der Waals surface area contributed by atoms with E-state index in [-0.39, 0.29) is 0 Å². The van der Waals surface area contributed by atoms with Crippen molar-refractivity contribution in [1.82, 2.24) is 4.98 Å². The standard InChI is InChI=1S/C15H15Cl2N3/c16-12-8-13(17)15(19-14(12)18)20-7-6-11(9-20)10-4-2-1-3-5-10/h1-5,8,11H,6-7,9H2,(H2,18,19). The van der Waals surface area contributed by atoms with E-state index in [0.29, 0.717) is 21.8 Å². The third-order valence-corrected chi connectivity index (χ3v) is 4.28. The fourth-order valence-electron chi connectivity index (χ4n) is 2.64. The van der Waals surface area contributed by atoms with Crippen molar-refractivity contribution in [2.45, 2.75) is 12.3 Å². The summed E-state index contributed by atoms with van der Waals surface area (Å²) in [5.41, 5.74) is 7.13. The van der Waals surface area contributed by atoms with Gasteiger partial charge in [0.25, 0.3) is 0 Å². The van der Waals surface area contributed by atoms with Gasteiger partial charge in [-0.15, -0.1) is 0 Å². The molecule has 0 bridgehead atoms. The van der Waals surface area contributed by atoms with Crippen molar-refractivity contribution >= 4 is 34.8 Å². The molecule has 0 radical (unpaired) electrons. The molecule has 1 aromatic heterocycles. The van der Waals surface area contributed by atoms with Gasteiger partial charge in [-0.1, -0.05) is 53.5 Å². The monoisotopic (exact) mass is 307 g/mol. The lowest BCUT2D eigenvalue weighted by Gasteiger charge is -2.19. The fraction of sp³-hybridized carbons (Fsp3) is 0.267. The van der Waals surface area contributed by atoms with Crippen molar-refractivity contribution in [1.29, 1.82) is 0 Å². The number of rotatable bonds is 2. The number of pyridine rings is 1. The molecule has 0 spiro atoms. The predicted molar refractivity (Wildman–Crippen MR) is 84.7 cm³/mol. The Hall–Kier alpha value is -1.45. The second kappa shape index (κ2) is 5.51. The zero-order valence-corrected chi connectivity index (χ0v) is 12.4. The Morgan fingerprint density at radius 2 is 1.90 bits per heavy atom. The molecule has 3 nitrogen and oxygen atoms in total. The highest BCUT2D eigenvalue weighted by atomic mass is 35.5. The Labute approximate surface area is 128 Å². The van der Waals surface area contributed by atoms with E-state index in [1.165, 1.54) is 5.56 Å². The first-order chi connectivity index (χ1) is 9.65. The van der Waals surface area contributed by atoms with E-state index in [0.717, 1.165) is 25.3 Å². The molecule has 2 aromatic rings. The van der Waals surface area contributed by atoms with Crippen LogP contribution < -0.4 is 10.6 Å². The number of anilines is 2. The van der Waals surface area contributed by atoms with Gasteiger partial charge in [0.2, 0.25) is 0 Å². The van der Waals surface area contributed by atoms with E-state index in [9.17, 15) is 0 Å². The molecule has 1 fully saturated rings. The van der Waals surface area contributed by atoms with Crippen molar-refractivity contribution in [3.63, 3.8) is 0 Å². The minimum atomic E-state index is 0.328. The number of halogens is 2. The number of aromatic nitrogens is 1. The van der Waals surface area contributed by atoms with E-state index in [1.807, 2.05) is 6.07 Å². The largest absolute Gasteiger partial charge is 0.382 e. The number of nitrogen functional groups attached to an aromatic ring is 1. The summed E-state index contributed by atoms with van der Waals surface area (Å²) in [4.78, 5) is 6.50. The second-order valence-corrected chi connectivity index (χ2v) is 5.82. The molecular formula is C15H15Cl2N3. The van der Waals surface area contributed by atoms with Crippen molar-refractivity contribution in [3.05, 3.63) is 52.0 Å². The Morgan fingerprint density at radius 3 is 2.65 bits per heavy atom. The summed E-state index contributed by atoms with van der Waals surface area (Å²) in [7, 11) is 0. The molecule has 5 heteroatoms. The highest BCUT2D eigenvalue weighted by molar-refractivity contribution is 6.37. The first-order valence-electron chi connectivity index (χ1n) is 6.56. The van der Waals surface area contributed by atoms with Crippen LogP contribution in [-0.4, -0.2) is 18.1 Å². The fourth-order valence-corrected chi connectivity index (χ4v) is 3.12. The van der Waals surface area contributed by atoms with Gasteiger partial charge < -0.3 is 10.6 Å². The first-order valence-corrected chi connectivity index (χ1v) is 7.32. The topological polar surface area (TPSA) is 42.1 Å². The van der Waals surface area contributed by atoms with Gasteiger partial charge in [-0.25, -0.2) is 4.98 Å². The van der Waals surface area contributed by atoms with Gasteiger partial charge in [0, 0.05) is 19.0 Å². The zero-order chi connectivity index (χ0) is 14.1. The van der Waals surface area contributed by atoms with E-state index in [4.69, 9.17) is 28.9 Å². The van der Waals surface area contributed by atoms with Gasteiger partial charge >= 0.3 is 0 Å². The predicted octanol–water partition coefficient (Wildman–Crippen LogP) is 3.96. The van der Waals surface area contributed by atoms with Gasteiger partial charge in [0.15, 0.2) is 0 Å². The Bertz CT molecular complexity index is 616. The van der Waals surface area contributed by atoms with E-state index in [2.05, 4.69) is 34.1 Å². The van der Waals surface area contributed by atoms with E-state index >= 15 is 0 Å². The summed E-state index contributed by atoms with van der Waals surface area (Å²) >= 11 is 12.2. The minimum Gasteiger partial charge on any atom is -0.382 e. The first kappa shape index (κ1) is 13.5. The summed E-state index contributed by atoms with van der Waals surface area (Å²) in [6.45, 7) is 1.82. The molecule has 1 aliphatic rings. The average Bonchev–Trinajstić information content (AvgIpc) is 2.93. The van der Waals surface area contributed by atoms with Crippen LogP contribution in [0.2, 0.25) is 10.0 Å². The van der Waals surface area contributed by atoms with Gasteiger partial charge in [-0.05, 0) is 18.1 Å². The van der Waals surface area contributed by atoms with Crippen LogP contribution in [0.25, 0.3) is 0 Å². The van der Waals surface area contributed by atoms with Crippen LogP contribution in [-0.2, 0) is 0 Å². The summed E-state index contributed by atoms with van der Waals surface area (Å²) in [6, 6.07) is 12.2. The van der Waals surface area contributed by atoms with Crippen LogP contribution in [0.1, 0.15) is 17.9 Å². The molecule has 3 rings (SSSR count). The van der Waals surface area contributed by atoms with Gasteiger partial charge in [-0.2, -0.15) is 0 Å². The second-order valence-electron chi connectivity index (χ2n) is 5.00. The molecular weight excluding hydrogens is 293 g/mol. The summed E-state index contributed by atoms with van der Waals surface area (Å²) in [5.74, 6) is 1.56. The third-order valence-electron chi connectivity index (χ3n) is 3.70. The lowest BCUT2D eigenvalue weighted by molar-refractivity contribution is 0.774. The maximum atomic E-state index is 6.23. The third kappa shape index (κ3) is 2.56. The normalized spacial score (nSPS) is 18.5. The lowest BCUT2D eigenvalue weighted by Crippen LogP contribution is -2.21. The molecule has 2 N–H and O–H groups in total. The molecule has 2 heterocycles. The Balaban J connectivity index is 1.82. The maximum Gasteiger partial charge on any atom is 0.149 e. The SMILES string of the molecule is Nc1nc(N2CCC(c3ccccc3)C2)c(Cl)cc1Cl. The van der Waals surface area contributed by atoms with Gasteiger partial charge in [0.1, 0.15) is 11.6 Å². The van der Waals surface area contributed by atoms with Crippen molar-refractivity contribution in [2.24, 2.45) is 0 Å². The molecule has 0 saturated carbocycles. The average molecular weight is 308 g/mol. The highest BCUT2D eigenvalue weighted by Crippen LogP contribution is 2.35. The van der Waals surface area contributed by atoms with Gasteiger partial charge in [-0.3, -0.25) is 0 Å². The molecule has 1 aromatic carbocycles. The highest BCUT2D eigenvalue weighted by Gasteiger charge is 2.26. The van der Waals surface area contributed by atoms with Crippen LogP contribution >= 0.6 is 23.2 Å². The lowest BCUT2D eigenvalue weighted by atomic mass is 9.99. The number of nitrogens with zero attached hydrogens (tertiary/aromatic N) is 2. The summed E-state index contributed by atoms with van der Waals surface area (Å²) in [6.07, 6.45) is 1.09. The van der Waals surface area contributed by atoms with Crippen molar-refractivity contribution in [2.75, 3.05) is 23.7 Å². The van der Waals surface area contributed by atoms with Crippen LogP contribution in [0.5, 0.6) is 0 Å². The molecule has 0 aliphatic carbocycles. The van der Waals surface area contributed by atoms with Crippen LogP contribution in [0, 0.1) is 0 Å². The number of hydrogen-bond acceptors (Lipinski definition) is 3. The molecule has 1 saturated heterocycles. The summed E-state index contributed by atoms with van der Waals surface area (Å²) in [5, 5.41) is 0.954. The Kier molecular flexibility index (Phi) is 3.72. The van der Waals surface area contributed by atoms with Crippen LogP contribution in [0.3, 0.4) is 0 Å². The number of hydrogen-bond donors (Lipinski definition) is 1. The minimum absolute atomic E-state index is 0.328. The summed E-state index contributed by atoms with van der Waals surface area (Å²) < 4.78 is 0. The molecule has 1 aliphatic heterocycles. The smallest absolute Gasteiger partial charge is 0.149 e. The van der Waals surface area contributed by atoms with Gasteiger partial charge in [0.05, 0.1) is 10.0 Å². The van der Waals surface area contributed by atoms with E-state index < -0.39 is 0 Å². The number of benzene rings is 1.